The highest BCUT2D eigenvalue weighted by Gasteiger charge is 2.08. The van der Waals surface area contributed by atoms with E-state index in [4.69, 9.17) is 4.74 Å². The summed E-state index contributed by atoms with van der Waals surface area (Å²) in [5.41, 5.74) is 0.383. The van der Waals surface area contributed by atoms with Crippen LogP contribution in [-0.4, -0.2) is 38.2 Å². The Hall–Kier alpha value is -2.57. The zero-order valence-electron chi connectivity index (χ0n) is 12.0. The Kier molecular flexibility index (Phi) is 6.73. The molecular weight excluding hydrogens is 276 g/mol. The van der Waals surface area contributed by atoms with Gasteiger partial charge in [0.05, 0.1) is 12.7 Å². The third-order valence-electron chi connectivity index (χ3n) is 2.43. The summed E-state index contributed by atoms with van der Waals surface area (Å²) in [4.78, 5) is 33.9. The minimum absolute atomic E-state index is 0.295. The monoisotopic (exact) mass is 294 g/mol. The van der Waals surface area contributed by atoms with Crippen molar-refractivity contribution in [1.82, 2.24) is 10.6 Å². The predicted molar refractivity (Wildman–Crippen MR) is 75.1 cm³/mol. The van der Waals surface area contributed by atoms with Crippen LogP contribution in [0.5, 0.6) is 5.75 Å². The Morgan fingerprint density at radius 2 is 1.81 bits per heavy atom. The van der Waals surface area contributed by atoms with Gasteiger partial charge in [-0.25, -0.2) is 9.59 Å². The first-order valence-corrected chi connectivity index (χ1v) is 6.45. The van der Waals surface area contributed by atoms with Crippen LogP contribution in [0.15, 0.2) is 24.3 Å². The standard InChI is InChI=1S/C14H18N2O5/c1-3-8-15-14(19)16-12(17)9-21-11-6-4-10(5-7-11)13(18)20-2/h4-7H,3,8-9H2,1-2H3,(H2,15,16,17,19). The molecule has 7 heteroatoms. The molecule has 0 bridgehead atoms. The molecule has 0 saturated carbocycles. The van der Waals surface area contributed by atoms with Gasteiger partial charge in [0.1, 0.15) is 5.75 Å². The Balaban J connectivity index is 2.39. The van der Waals surface area contributed by atoms with Crippen LogP contribution < -0.4 is 15.4 Å². The van der Waals surface area contributed by atoms with E-state index in [0.717, 1.165) is 6.42 Å². The maximum absolute atomic E-state index is 11.4. The van der Waals surface area contributed by atoms with Gasteiger partial charge in [-0.1, -0.05) is 6.92 Å². The van der Waals surface area contributed by atoms with Gasteiger partial charge in [0.2, 0.25) is 0 Å². The SMILES string of the molecule is CCCNC(=O)NC(=O)COc1ccc(C(=O)OC)cc1. The Bertz CT molecular complexity index is 499. The number of imide groups is 1. The zero-order valence-corrected chi connectivity index (χ0v) is 12.0. The maximum Gasteiger partial charge on any atom is 0.337 e. The summed E-state index contributed by atoms with van der Waals surface area (Å²) in [7, 11) is 1.29. The molecule has 3 amide bonds. The Labute approximate surface area is 122 Å². The molecule has 0 aliphatic rings. The van der Waals surface area contributed by atoms with Crippen molar-refractivity contribution in [2.75, 3.05) is 20.3 Å². The topological polar surface area (TPSA) is 93.7 Å². The number of amides is 3. The average molecular weight is 294 g/mol. The van der Waals surface area contributed by atoms with Crippen molar-refractivity contribution in [3.8, 4) is 5.75 Å². The fraction of sp³-hybridized carbons (Fsp3) is 0.357. The van der Waals surface area contributed by atoms with Crippen molar-refractivity contribution in [2.45, 2.75) is 13.3 Å². The van der Waals surface area contributed by atoms with Crippen molar-refractivity contribution in [2.24, 2.45) is 0 Å². The second-order valence-electron chi connectivity index (χ2n) is 4.11. The minimum atomic E-state index is -0.555. The molecule has 114 valence electrons. The molecule has 7 nitrogen and oxygen atoms in total. The highest BCUT2D eigenvalue weighted by Crippen LogP contribution is 2.12. The first kappa shape index (κ1) is 16.5. The van der Waals surface area contributed by atoms with Crippen LogP contribution >= 0.6 is 0 Å². The lowest BCUT2D eigenvalue weighted by Gasteiger charge is -2.08. The molecular formula is C14H18N2O5. The normalized spacial score (nSPS) is 9.62. The first-order valence-electron chi connectivity index (χ1n) is 6.45. The number of benzene rings is 1. The van der Waals surface area contributed by atoms with E-state index in [9.17, 15) is 14.4 Å². The van der Waals surface area contributed by atoms with Crippen LogP contribution in [0.1, 0.15) is 23.7 Å². The number of hydrogen-bond acceptors (Lipinski definition) is 5. The summed E-state index contributed by atoms with van der Waals surface area (Å²) in [5, 5.41) is 4.65. The number of hydrogen-bond donors (Lipinski definition) is 2. The second kappa shape index (κ2) is 8.57. The summed E-state index contributed by atoms with van der Waals surface area (Å²) in [6, 6.07) is 5.57. The summed E-state index contributed by atoms with van der Waals surface area (Å²) in [6.07, 6.45) is 0.782. The largest absolute Gasteiger partial charge is 0.484 e. The molecule has 0 aromatic heterocycles. The fourth-order valence-corrected chi connectivity index (χ4v) is 1.40. The van der Waals surface area contributed by atoms with E-state index in [2.05, 4.69) is 15.4 Å². The molecule has 0 atom stereocenters. The van der Waals surface area contributed by atoms with Crippen LogP contribution in [-0.2, 0) is 9.53 Å². The summed E-state index contributed by atoms with van der Waals surface area (Å²) in [5.74, 6) is -0.598. The highest BCUT2D eigenvalue weighted by molar-refractivity contribution is 5.95. The van der Waals surface area contributed by atoms with Gasteiger partial charge >= 0.3 is 12.0 Å². The summed E-state index contributed by atoms with van der Waals surface area (Å²) < 4.78 is 9.76. The van der Waals surface area contributed by atoms with Gasteiger partial charge in [-0.3, -0.25) is 10.1 Å². The van der Waals surface area contributed by atoms with E-state index in [1.165, 1.54) is 31.4 Å². The number of esters is 1. The van der Waals surface area contributed by atoms with Gasteiger partial charge in [-0.05, 0) is 30.7 Å². The van der Waals surface area contributed by atoms with Gasteiger partial charge in [-0.15, -0.1) is 0 Å². The number of carbonyl (C=O) groups is 3. The molecule has 2 N–H and O–H groups in total. The lowest BCUT2D eigenvalue weighted by atomic mass is 10.2. The lowest BCUT2D eigenvalue weighted by molar-refractivity contribution is -0.122. The average Bonchev–Trinajstić information content (AvgIpc) is 2.50. The van der Waals surface area contributed by atoms with Crippen molar-refractivity contribution >= 4 is 17.9 Å². The quantitative estimate of drug-likeness (QED) is 0.766. The predicted octanol–water partition coefficient (Wildman–Crippen LogP) is 1.09. The molecule has 0 spiro atoms. The molecule has 1 aromatic rings. The van der Waals surface area contributed by atoms with Crippen molar-refractivity contribution in [3.05, 3.63) is 29.8 Å². The Morgan fingerprint density at radius 1 is 1.14 bits per heavy atom. The lowest BCUT2D eigenvalue weighted by Crippen LogP contribution is -2.41. The van der Waals surface area contributed by atoms with Gasteiger partial charge in [0.25, 0.3) is 5.91 Å². The third-order valence-corrected chi connectivity index (χ3v) is 2.43. The van der Waals surface area contributed by atoms with Crippen LogP contribution in [0, 0.1) is 0 Å². The number of urea groups is 1. The van der Waals surface area contributed by atoms with Gasteiger partial charge in [0.15, 0.2) is 6.61 Å². The number of carbonyl (C=O) groups excluding carboxylic acids is 3. The summed E-state index contributed by atoms with van der Waals surface area (Å²) in [6.45, 7) is 2.11. The van der Waals surface area contributed by atoms with E-state index in [0.29, 0.717) is 17.9 Å². The fourth-order valence-electron chi connectivity index (χ4n) is 1.40. The van der Waals surface area contributed by atoms with Crippen LogP contribution in [0.3, 0.4) is 0 Å². The highest BCUT2D eigenvalue weighted by atomic mass is 16.5. The van der Waals surface area contributed by atoms with E-state index in [1.54, 1.807) is 0 Å². The van der Waals surface area contributed by atoms with Crippen LogP contribution in [0.25, 0.3) is 0 Å². The van der Waals surface area contributed by atoms with Crippen LogP contribution in [0.4, 0.5) is 4.79 Å². The van der Waals surface area contributed by atoms with E-state index >= 15 is 0 Å². The summed E-state index contributed by atoms with van der Waals surface area (Å²) >= 11 is 0. The molecule has 0 fully saturated rings. The molecule has 0 aliphatic heterocycles. The number of nitrogens with one attached hydrogen (secondary N) is 2. The molecule has 0 radical (unpaired) electrons. The van der Waals surface area contributed by atoms with Crippen molar-refractivity contribution < 1.29 is 23.9 Å². The minimum Gasteiger partial charge on any atom is -0.484 e. The Morgan fingerprint density at radius 3 is 2.38 bits per heavy atom. The zero-order chi connectivity index (χ0) is 15.7. The van der Waals surface area contributed by atoms with Gasteiger partial charge in [-0.2, -0.15) is 0 Å². The third kappa shape index (κ3) is 5.94. The van der Waals surface area contributed by atoms with E-state index in [-0.39, 0.29) is 6.61 Å². The molecule has 21 heavy (non-hydrogen) atoms. The van der Waals surface area contributed by atoms with Crippen molar-refractivity contribution in [1.29, 1.82) is 0 Å². The van der Waals surface area contributed by atoms with E-state index in [1.807, 2.05) is 6.92 Å². The van der Waals surface area contributed by atoms with Gasteiger partial charge < -0.3 is 14.8 Å². The van der Waals surface area contributed by atoms with Gasteiger partial charge in [0, 0.05) is 6.54 Å². The molecule has 0 heterocycles. The number of methoxy groups -OCH3 is 1. The number of rotatable bonds is 6. The smallest absolute Gasteiger partial charge is 0.337 e. The van der Waals surface area contributed by atoms with Crippen LogP contribution in [0.2, 0.25) is 0 Å². The second-order valence-corrected chi connectivity index (χ2v) is 4.11. The molecule has 1 rings (SSSR count). The van der Waals surface area contributed by atoms with E-state index < -0.39 is 17.9 Å². The number of ether oxygens (including phenoxy) is 2. The van der Waals surface area contributed by atoms with Crippen molar-refractivity contribution in [3.63, 3.8) is 0 Å². The molecule has 0 saturated heterocycles. The molecule has 0 unspecified atom stereocenters. The maximum atomic E-state index is 11.4. The molecule has 1 aromatic carbocycles. The molecule has 0 aliphatic carbocycles. The first-order chi connectivity index (χ1) is 10.1.